The first-order valence-corrected chi connectivity index (χ1v) is 8.27. The fourth-order valence-electron chi connectivity index (χ4n) is 1.94. The number of carbonyl (C=O) groups is 1. The van der Waals surface area contributed by atoms with Crippen molar-refractivity contribution < 1.29 is 9.53 Å². The van der Waals surface area contributed by atoms with Gasteiger partial charge in [0.05, 0.1) is 7.11 Å². The van der Waals surface area contributed by atoms with Crippen LogP contribution in [0.2, 0.25) is 10.0 Å². The fourth-order valence-corrected chi connectivity index (χ4v) is 2.42. The smallest absolute Gasteiger partial charge is 0.305 e. The number of carbonyl (C=O) groups excluding carboxylic acids is 1. The zero-order chi connectivity index (χ0) is 17.1. The molecule has 0 saturated heterocycles. The van der Waals surface area contributed by atoms with Gasteiger partial charge in [-0.25, -0.2) is 0 Å². The molecule has 5 nitrogen and oxygen atoms in total. The van der Waals surface area contributed by atoms with Gasteiger partial charge in [0.1, 0.15) is 0 Å². The lowest BCUT2D eigenvalue weighted by Gasteiger charge is -2.12. The molecule has 0 saturated carbocycles. The van der Waals surface area contributed by atoms with Gasteiger partial charge in [-0.1, -0.05) is 35.7 Å². The largest absolute Gasteiger partial charge is 0.469 e. The van der Waals surface area contributed by atoms with E-state index in [1.165, 1.54) is 7.11 Å². The van der Waals surface area contributed by atoms with Crippen LogP contribution in [0, 0.1) is 0 Å². The lowest BCUT2D eigenvalue weighted by molar-refractivity contribution is -0.140. The number of unbranched alkanes of at least 4 members (excludes halogenated alkanes) is 2. The Bertz CT molecular complexity index is 542. The van der Waals surface area contributed by atoms with E-state index >= 15 is 0 Å². The number of guanidine groups is 1. The van der Waals surface area contributed by atoms with E-state index in [9.17, 15) is 4.79 Å². The van der Waals surface area contributed by atoms with Crippen LogP contribution in [0.4, 0.5) is 0 Å². The zero-order valence-electron chi connectivity index (χ0n) is 13.9. The fraction of sp³-hybridized carbons (Fsp3) is 0.500. The maximum atomic E-state index is 11.0. The highest BCUT2D eigenvalue weighted by molar-refractivity contribution is 14.0. The Labute approximate surface area is 170 Å². The van der Waals surface area contributed by atoms with Gasteiger partial charge < -0.3 is 15.4 Å². The third-order valence-corrected chi connectivity index (χ3v) is 3.85. The number of halogens is 3. The number of hydrogen-bond acceptors (Lipinski definition) is 3. The van der Waals surface area contributed by atoms with Gasteiger partial charge >= 0.3 is 5.97 Å². The van der Waals surface area contributed by atoms with Gasteiger partial charge in [0.25, 0.3) is 0 Å². The third kappa shape index (κ3) is 9.54. The first-order chi connectivity index (χ1) is 11.1. The van der Waals surface area contributed by atoms with Crippen LogP contribution >= 0.6 is 47.2 Å². The number of methoxy groups -OCH3 is 1. The summed E-state index contributed by atoms with van der Waals surface area (Å²) in [5, 5.41) is 7.67. The highest BCUT2D eigenvalue weighted by atomic mass is 127. The van der Waals surface area contributed by atoms with Crippen molar-refractivity contribution in [2.75, 3.05) is 20.7 Å². The number of benzene rings is 1. The number of ether oxygens (including phenoxy) is 1. The Hall–Kier alpha value is -0.730. The number of rotatable bonds is 8. The molecule has 0 atom stereocenters. The quantitative estimate of drug-likeness (QED) is 0.191. The van der Waals surface area contributed by atoms with Gasteiger partial charge in [-0.3, -0.25) is 9.79 Å². The molecule has 0 spiro atoms. The monoisotopic (exact) mass is 487 g/mol. The van der Waals surface area contributed by atoms with Gasteiger partial charge in [-0.15, -0.1) is 24.0 Å². The summed E-state index contributed by atoms with van der Waals surface area (Å²) >= 11 is 12.0. The molecule has 0 aromatic heterocycles. The van der Waals surface area contributed by atoms with Crippen molar-refractivity contribution in [3.8, 4) is 0 Å². The first kappa shape index (κ1) is 23.3. The lowest BCUT2D eigenvalue weighted by Crippen LogP contribution is -2.37. The molecule has 1 rings (SSSR count). The summed E-state index contributed by atoms with van der Waals surface area (Å²) in [6.07, 6.45) is 3.22. The van der Waals surface area contributed by atoms with Crippen LogP contribution in [-0.4, -0.2) is 32.6 Å². The molecule has 0 bridgehead atoms. The van der Waals surface area contributed by atoms with E-state index in [2.05, 4.69) is 20.4 Å². The van der Waals surface area contributed by atoms with E-state index in [1.54, 1.807) is 13.1 Å². The average Bonchev–Trinajstić information content (AvgIpc) is 2.54. The number of nitrogens with one attached hydrogen (secondary N) is 2. The Morgan fingerprint density at radius 1 is 1.21 bits per heavy atom. The molecule has 136 valence electrons. The van der Waals surface area contributed by atoms with E-state index < -0.39 is 0 Å². The van der Waals surface area contributed by atoms with Gasteiger partial charge in [0, 0.05) is 36.6 Å². The van der Waals surface area contributed by atoms with Crippen LogP contribution in [0.5, 0.6) is 0 Å². The van der Waals surface area contributed by atoms with Crippen molar-refractivity contribution >= 4 is 59.1 Å². The van der Waals surface area contributed by atoms with Crippen molar-refractivity contribution in [1.29, 1.82) is 0 Å². The molecule has 1 aromatic carbocycles. The normalized spacial score (nSPS) is 10.8. The van der Waals surface area contributed by atoms with Crippen molar-refractivity contribution in [2.24, 2.45) is 4.99 Å². The number of nitrogens with zero attached hydrogens (tertiary/aromatic N) is 1. The van der Waals surface area contributed by atoms with Crippen LogP contribution in [0.15, 0.2) is 23.2 Å². The Kier molecular flexibility index (Phi) is 13.1. The van der Waals surface area contributed by atoms with E-state index in [0.29, 0.717) is 29.0 Å². The van der Waals surface area contributed by atoms with E-state index in [0.717, 1.165) is 31.4 Å². The molecule has 8 heteroatoms. The summed E-state index contributed by atoms with van der Waals surface area (Å²) in [6, 6.07) is 5.41. The molecule has 0 aliphatic carbocycles. The summed E-state index contributed by atoms with van der Waals surface area (Å²) in [6.45, 7) is 1.35. The molecule has 2 N–H and O–H groups in total. The summed E-state index contributed by atoms with van der Waals surface area (Å²) in [7, 11) is 3.13. The van der Waals surface area contributed by atoms with Gasteiger partial charge in [0.2, 0.25) is 0 Å². The maximum absolute atomic E-state index is 11.0. The highest BCUT2D eigenvalue weighted by Gasteiger charge is 2.03. The molecule has 0 radical (unpaired) electrons. The topological polar surface area (TPSA) is 62.7 Å². The molecule has 1 aromatic rings. The molecule has 0 aliphatic heterocycles. The second kappa shape index (κ2) is 13.5. The maximum Gasteiger partial charge on any atom is 0.305 e. The number of aliphatic imine (C=N–C) groups is 1. The molecular formula is C16H24Cl2IN3O2. The Morgan fingerprint density at radius 3 is 2.58 bits per heavy atom. The van der Waals surface area contributed by atoms with Crippen LogP contribution < -0.4 is 10.6 Å². The number of esters is 1. The van der Waals surface area contributed by atoms with E-state index in [-0.39, 0.29) is 29.9 Å². The first-order valence-electron chi connectivity index (χ1n) is 7.52. The lowest BCUT2D eigenvalue weighted by atomic mass is 10.2. The summed E-state index contributed by atoms with van der Waals surface area (Å²) in [4.78, 5) is 15.1. The predicted octanol–water partition coefficient (Wildman–Crippen LogP) is 4.01. The van der Waals surface area contributed by atoms with Crippen LogP contribution in [-0.2, 0) is 16.1 Å². The molecule has 0 amide bonds. The summed E-state index contributed by atoms with van der Waals surface area (Å²) in [5.41, 5.74) is 0.956. The second-order valence-corrected chi connectivity index (χ2v) is 5.82. The minimum atomic E-state index is -0.157. The van der Waals surface area contributed by atoms with Gasteiger partial charge in [-0.05, 0) is 30.5 Å². The zero-order valence-corrected chi connectivity index (χ0v) is 17.7. The van der Waals surface area contributed by atoms with Crippen molar-refractivity contribution in [1.82, 2.24) is 10.6 Å². The van der Waals surface area contributed by atoms with Crippen LogP contribution in [0.25, 0.3) is 0 Å². The molecule has 0 heterocycles. The molecule has 0 aliphatic rings. The van der Waals surface area contributed by atoms with Crippen LogP contribution in [0.3, 0.4) is 0 Å². The summed E-state index contributed by atoms with van der Waals surface area (Å²) in [5.74, 6) is 0.555. The third-order valence-electron chi connectivity index (χ3n) is 3.26. The van der Waals surface area contributed by atoms with E-state index in [4.69, 9.17) is 23.2 Å². The molecule has 0 unspecified atom stereocenters. The SMILES string of the molecule is CN=C(NCCCCCC(=O)OC)NCc1ccc(Cl)cc1Cl.I. The molecule has 24 heavy (non-hydrogen) atoms. The minimum absolute atomic E-state index is 0. The molecule has 0 fully saturated rings. The van der Waals surface area contributed by atoms with E-state index in [1.807, 2.05) is 12.1 Å². The molecular weight excluding hydrogens is 464 g/mol. The average molecular weight is 488 g/mol. The van der Waals surface area contributed by atoms with Gasteiger partial charge in [-0.2, -0.15) is 0 Å². The van der Waals surface area contributed by atoms with Crippen LogP contribution in [0.1, 0.15) is 31.2 Å². The highest BCUT2D eigenvalue weighted by Crippen LogP contribution is 2.20. The van der Waals surface area contributed by atoms with Crippen molar-refractivity contribution in [3.05, 3.63) is 33.8 Å². The van der Waals surface area contributed by atoms with Crippen molar-refractivity contribution in [3.63, 3.8) is 0 Å². The van der Waals surface area contributed by atoms with Gasteiger partial charge in [0.15, 0.2) is 5.96 Å². The number of hydrogen-bond donors (Lipinski definition) is 2. The predicted molar refractivity (Wildman–Crippen MR) is 111 cm³/mol. The van der Waals surface area contributed by atoms with Crippen molar-refractivity contribution in [2.45, 2.75) is 32.2 Å². The summed E-state index contributed by atoms with van der Waals surface area (Å²) < 4.78 is 4.60. The Morgan fingerprint density at radius 2 is 1.96 bits per heavy atom. The Balaban J connectivity index is 0.00000529. The standard InChI is InChI=1S/C16H23Cl2N3O2.HI/c1-19-16(20-9-5-3-4-6-15(22)23-2)21-11-12-7-8-13(17)10-14(12)18;/h7-8,10H,3-6,9,11H2,1-2H3,(H2,19,20,21);1H. The second-order valence-electron chi connectivity index (χ2n) is 4.98. The minimum Gasteiger partial charge on any atom is -0.469 e.